The van der Waals surface area contributed by atoms with Crippen molar-refractivity contribution < 1.29 is 23.6 Å². The summed E-state index contributed by atoms with van der Waals surface area (Å²) in [7, 11) is 3.23. The number of nitrogens with zero attached hydrogens (tertiary/aromatic N) is 2. The van der Waals surface area contributed by atoms with Crippen LogP contribution in [0.2, 0.25) is 0 Å². The fourth-order valence-corrected chi connectivity index (χ4v) is 2.01. The van der Waals surface area contributed by atoms with Crippen LogP contribution in [-0.2, 0) is 20.9 Å². The Bertz CT molecular complexity index is 569. The highest BCUT2D eigenvalue weighted by Gasteiger charge is 2.28. The molecule has 0 aliphatic carbocycles. The summed E-state index contributed by atoms with van der Waals surface area (Å²) in [6.07, 6.45) is -0.351. The summed E-state index contributed by atoms with van der Waals surface area (Å²) in [6.45, 7) is 6.01. The summed E-state index contributed by atoms with van der Waals surface area (Å²) in [4.78, 5) is 30.6. The first kappa shape index (κ1) is 21.1. The molecule has 0 spiro atoms. The molecule has 0 aromatic heterocycles. The maximum Gasteiger partial charge on any atom is 0.410 e. The molecule has 1 aromatic carbocycles. The number of benzene rings is 1. The highest BCUT2D eigenvalue weighted by atomic mass is 19.1. The molecule has 0 unspecified atom stereocenters. The fourth-order valence-electron chi connectivity index (χ4n) is 2.01. The van der Waals surface area contributed by atoms with E-state index >= 15 is 0 Å². The molecule has 0 radical (unpaired) electrons. The van der Waals surface area contributed by atoms with E-state index in [-0.39, 0.29) is 31.2 Å². The van der Waals surface area contributed by atoms with Crippen LogP contribution in [0.25, 0.3) is 0 Å². The van der Waals surface area contributed by atoms with E-state index in [2.05, 4.69) is 0 Å². The number of halogens is 1. The van der Waals surface area contributed by atoms with Crippen molar-refractivity contribution in [3.8, 4) is 0 Å². The third kappa shape index (κ3) is 7.62. The number of rotatable bonds is 8. The van der Waals surface area contributed by atoms with E-state index in [0.717, 1.165) is 5.56 Å². The second-order valence-electron chi connectivity index (χ2n) is 6.76. The van der Waals surface area contributed by atoms with E-state index in [9.17, 15) is 14.0 Å². The number of carbonyl (C=O) groups excluding carboxylic acids is 2. The molecule has 0 saturated heterocycles. The molecule has 0 aliphatic heterocycles. The number of amides is 1. The molecule has 1 rings (SSSR count). The number of ether oxygens (including phenoxy) is 1. The van der Waals surface area contributed by atoms with Crippen LogP contribution in [0, 0.1) is 5.82 Å². The van der Waals surface area contributed by atoms with E-state index in [4.69, 9.17) is 9.57 Å². The molecule has 0 saturated carbocycles. The molecular weight excluding hydrogens is 327 g/mol. The summed E-state index contributed by atoms with van der Waals surface area (Å²) in [5, 5.41) is 1.52. The van der Waals surface area contributed by atoms with Gasteiger partial charge in [-0.2, -0.15) is 5.06 Å². The van der Waals surface area contributed by atoms with Gasteiger partial charge >= 0.3 is 6.09 Å². The molecular formula is C18H27FN2O4. The number of carbonyl (C=O) groups is 2. The van der Waals surface area contributed by atoms with Crippen LogP contribution in [0.1, 0.15) is 32.8 Å². The topological polar surface area (TPSA) is 59.1 Å². The van der Waals surface area contributed by atoms with Gasteiger partial charge in [0.25, 0.3) is 0 Å². The molecule has 7 heteroatoms. The van der Waals surface area contributed by atoms with Crippen LogP contribution in [0.15, 0.2) is 24.3 Å². The van der Waals surface area contributed by atoms with E-state index in [1.165, 1.54) is 29.2 Å². The standard InChI is InChI=1S/C18H27FN2O4/c1-18(2,3)21(12-14-6-8-15(19)9-7-14)17(23)25-13-16(22)10-11-20(4)24-5/h6-9H,10-13H2,1-5H3. The normalized spacial score (nSPS) is 11.5. The molecule has 140 valence electrons. The molecule has 6 nitrogen and oxygen atoms in total. The summed E-state index contributed by atoms with van der Waals surface area (Å²) >= 11 is 0. The second kappa shape index (κ2) is 9.48. The van der Waals surface area contributed by atoms with Crippen LogP contribution in [-0.4, -0.2) is 54.7 Å². The van der Waals surface area contributed by atoms with Crippen molar-refractivity contribution in [2.75, 3.05) is 27.3 Å². The van der Waals surface area contributed by atoms with Crippen LogP contribution >= 0.6 is 0 Å². The van der Waals surface area contributed by atoms with Gasteiger partial charge in [-0.3, -0.25) is 9.69 Å². The zero-order chi connectivity index (χ0) is 19.0. The Morgan fingerprint density at radius 1 is 1.16 bits per heavy atom. The molecule has 0 heterocycles. The first-order valence-corrected chi connectivity index (χ1v) is 8.09. The van der Waals surface area contributed by atoms with Gasteiger partial charge in [-0.15, -0.1) is 0 Å². The third-order valence-electron chi connectivity index (χ3n) is 3.66. The summed E-state index contributed by atoms with van der Waals surface area (Å²) in [6, 6.07) is 5.93. The van der Waals surface area contributed by atoms with E-state index in [1.807, 2.05) is 20.8 Å². The fraction of sp³-hybridized carbons (Fsp3) is 0.556. The van der Waals surface area contributed by atoms with Crippen molar-refractivity contribution in [1.29, 1.82) is 0 Å². The monoisotopic (exact) mass is 354 g/mol. The van der Waals surface area contributed by atoms with Gasteiger partial charge in [0, 0.05) is 32.1 Å². The van der Waals surface area contributed by atoms with Crippen LogP contribution < -0.4 is 0 Å². The zero-order valence-electron chi connectivity index (χ0n) is 15.5. The largest absolute Gasteiger partial charge is 0.441 e. The maximum absolute atomic E-state index is 13.0. The van der Waals surface area contributed by atoms with Gasteiger partial charge in [0.1, 0.15) is 5.82 Å². The summed E-state index contributed by atoms with van der Waals surface area (Å²) < 4.78 is 18.2. The number of Topliss-reactive ketones (excluding diaryl/α,β-unsaturated/α-hetero) is 1. The predicted octanol–water partition coefficient (Wildman–Crippen LogP) is 3.02. The second-order valence-corrected chi connectivity index (χ2v) is 6.76. The van der Waals surface area contributed by atoms with Gasteiger partial charge in [-0.25, -0.2) is 9.18 Å². The van der Waals surface area contributed by atoms with E-state index in [1.54, 1.807) is 19.2 Å². The Hall–Kier alpha value is -1.99. The summed E-state index contributed by atoms with van der Waals surface area (Å²) in [5.41, 5.74) is 0.270. The lowest BCUT2D eigenvalue weighted by molar-refractivity contribution is -0.131. The van der Waals surface area contributed by atoms with Crippen LogP contribution in [0.5, 0.6) is 0 Å². The Kier molecular flexibility index (Phi) is 7.99. The number of hydroxylamine groups is 2. The maximum atomic E-state index is 13.0. The lowest BCUT2D eigenvalue weighted by atomic mass is 10.1. The molecule has 25 heavy (non-hydrogen) atoms. The molecule has 0 aliphatic rings. The highest BCUT2D eigenvalue weighted by Crippen LogP contribution is 2.19. The van der Waals surface area contributed by atoms with Gasteiger partial charge in [-0.05, 0) is 38.5 Å². The van der Waals surface area contributed by atoms with Crippen LogP contribution in [0.4, 0.5) is 9.18 Å². The van der Waals surface area contributed by atoms with Crippen molar-refractivity contribution in [3.63, 3.8) is 0 Å². The summed E-state index contributed by atoms with van der Waals surface area (Å²) in [5.74, 6) is -0.520. The van der Waals surface area contributed by atoms with Gasteiger partial charge in [0.05, 0.1) is 7.11 Å². The van der Waals surface area contributed by atoms with Crippen molar-refractivity contribution in [1.82, 2.24) is 9.96 Å². The van der Waals surface area contributed by atoms with Crippen molar-refractivity contribution in [3.05, 3.63) is 35.6 Å². The minimum Gasteiger partial charge on any atom is -0.441 e. The van der Waals surface area contributed by atoms with Crippen LogP contribution in [0.3, 0.4) is 0 Å². The molecule has 0 fully saturated rings. The Morgan fingerprint density at radius 2 is 1.76 bits per heavy atom. The molecule has 1 aromatic rings. The first-order valence-electron chi connectivity index (χ1n) is 8.09. The van der Waals surface area contributed by atoms with Gasteiger partial charge in [0.15, 0.2) is 12.4 Å². The van der Waals surface area contributed by atoms with Crippen molar-refractivity contribution in [2.45, 2.75) is 39.3 Å². The SMILES string of the molecule is CON(C)CCC(=O)COC(=O)N(Cc1ccc(F)cc1)C(C)(C)C. The quantitative estimate of drug-likeness (QED) is 0.672. The van der Waals surface area contributed by atoms with E-state index < -0.39 is 11.6 Å². The zero-order valence-corrected chi connectivity index (χ0v) is 15.5. The minimum absolute atomic E-state index is 0.187. The predicted molar refractivity (Wildman–Crippen MR) is 92.3 cm³/mol. The average Bonchev–Trinajstić information content (AvgIpc) is 2.55. The Labute approximate surface area is 148 Å². The van der Waals surface area contributed by atoms with Crippen molar-refractivity contribution >= 4 is 11.9 Å². The van der Waals surface area contributed by atoms with Gasteiger partial charge in [0.2, 0.25) is 0 Å². The molecule has 0 N–H and O–H groups in total. The molecule has 0 bridgehead atoms. The number of hydrogen-bond acceptors (Lipinski definition) is 5. The number of ketones is 1. The van der Waals surface area contributed by atoms with Crippen molar-refractivity contribution in [2.24, 2.45) is 0 Å². The smallest absolute Gasteiger partial charge is 0.410 e. The van der Waals surface area contributed by atoms with E-state index in [0.29, 0.717) is 6.54 Å². The first-order chi connectivity index (χ1) is 11.6. The average molecular weight is 354 g/mol. The third-order valence-corrected chi connectivity index (χ3v) is 3.66. The van der Waals surface area contributed by atoms with Gasteiger partial charge < -0.3 is 9.57 Å². The lowest BCUT2D eigenvalue weighted by Crippen LogP contribution is -2.45. The Morgan fingerprint density at radius 3 is 2.28 bits per heavy atom. The van der Waals surface area contributed by atoms with Gasteiger partial charge in [-0.1, -0.05) is 12.1 Å². The minimum atomic E-state index is -0.578. The number of hydrogen-bond donors (Lipinski definition) is 0. The Balaban J connectivity index is 2.62. The highest BCUT2D eigenvalue weighted by molar-refractivity contribution is 5.82. The molecule has 1 amide bonds. The lowest BCUT2D eigenvalue weighted by Gasteiger charge is -2.34. The molecule has 0 atom stereocenters.